The average molecular weight is 767 g/mol. The van der Waals surface area contributed by atoms with Crippen molar-refractivity contribution in [1.82, 2.24) is 4.98 Å². The van der Waals surface area contributed by atoms with Crippen molar-refractivity contribution in [2.24, 2.45) is 0 Å². The lowest BCUT2D eigenvalue weighted by Crippen LogP contribution is -2.09. The summed E-state index contributed by atoms with van der Waals surface area (Å²) in [4.78, 5) is 7.39. The predicted molar refractivity (Wildman–Crippen MR) is 251 cm³/mol. The Morgan fingerprint density at radius 2 is 0.833 bits per heavy atom. The highest BCUT2D eigenvalue weighted by molar-refractivity contribution is 6.11. The van der Waals surface area contributed by atoms with Gasteiger partial charge < -0.3 is 9.32 Å². The lowest BCUT2D eigenvalue weighted by atomic mass is 9.94. The van der Waals surface area contributed by atoms with Gasteiger partial charge in [0.15, 0.2) is 5.58 Å². The maximum atomic E-state index is 6.55. The van der Waals surface area contributed by atoms with Gasteiger partial charge in [0, 0.05) is 28.0 Å². The fourth-order valence-corrected chi connectivity index (χ4v) is 8.47. The minimum Gasteiger partial charge on any atom is -0.436 e. The smallest absolute Gasteiger partial charge is 0.227 e. The first-order valence-electron chi connectivity index (χ1n) is 20.4. The van der Waals surface area contributed by atoms with Crippen LogP contribution in [-0.2, 0) is 0 Å². The van der Waals surface area contributed by atoms with Crippen molar-refractivity contribution >= 4 is 49.7 Å². The number of oxazole rings is 1. The van der Waals surface area contributed by atoms with Crippen molar-refractivity contribution in [3.05, 3.63) is 231 Å². The molecule has 3 heteroatoms. The molecule has 0 aliphatic carbocycles. The van der Waals surface area contributed by atoms with Crippen LogP contribution in [0.3, 0.4) is 0 Å². The molecule has 60 heavy (non-hydrogen) atoms. The third-order valence-corrected chi connectivity index (χ3v) is 11.5. The first kappa shape index (κ1) is 35.2. The zero-order valence-corrected chi connectivity index (χ0v) is 32.7. The number of fused-ring (bicyclic) bond motifs is 4. The normalized spacial score (nSPS) is 11.3. The van der Waals surface area contributed by atoms with Gasteiger partial charge in [-0.15, -0.1) is 0 Å². The molecular formula is C57H38N2O. The molecule has 1 aromatic heterocycles. The highest BCUT2D eigenvalue weighted by atomic mass is 16.3. The van der Waals surface area contributed by atoms with Gasteiger partial charge in [-0.1, -0.05) is 164 Å². The second-order valence-electron chi connectivity index (χ2n) is 15.2. The Bertz CT molecular complexity index is 3310. The quantitative estimate of drug-likeness (QED) is 0.154. The molecule has 11 aromatic rings. The summed E-state index contributed by atoms with van der Waals surface area (Å²) in [7, 11) is 0. The van der Waals surface area contributed by atoms with Gasteiger partial charge in [0.1, 0.15) is 5.52 Å². The van der Waals surface area contributed by atoms with Gasteiger partial charge >= 0.3 is 0 Å². The lowest BCUT2D eigenvalue weighted by Gasteiger charge is -2.26. The zero-order valence-electron chi connectivity index (χ0n) is 32.7. The number of hydrogen-bond acceptors (Lipinski definition) is 3. The Morgan fingerprint density at radius 3 is 1.60 bits per heavy atom. The fourth-order valence-electron chi connectivity index (χ4n) is 8.47. The summed E-state index contributed by atoms with van der Waals surface area (Å²) in [6.45, 7) is 0. The molecule has 0 aliphatic heterocycles. The van der Waals surface area contributed by atoms with Gasteiger partial charge in [0.05, 0.1) is 0 Å². The molecule has 0 bridgehead atoms. The monoisotopic (exact) mass is 766 g/mol. The Hall–Kier alpha value is -8.01. The van der Waals surface area contributed by atoms with Crippen molar-refractivity contribution in [3.8, 4) is 56.0 Å². The third-order valence-electron chi connectivity index (χ3n) is 11.5. The van der Waals surface area contributed by atoms with E-state index in [0.717, 1.165) is 72.1 Å². The van der Waals surface area contributed by atoms with Crippen LogP contribution in [0.25, 0.3) is 88.6 Å². The van der Waals surface area contributed by atoms with Crippen LogP contribution in [0.5, 0.6) is 0 Å². The van der Waals surface area contributed by atoms with Crippen LogP contribution in [0.1, 0.15) is 0 Å². The SMILES string of the molecule is c1ccc(-c2cccc(-c3ccc(N(c4ccccc4)c4cccc(-c5cccc(-c6cc7oc(-c8ccc9ccccc9c8)nc7c7ccccc67)c5)c4)cc3)c2)cc1. The third kappa shape index (κ3) is 6.58. The van der Waals surface area contributed by atoms with E-state index < -0.39 is 0 Å². The minimum atomic E-state index is 0.624. The molecule has 0 saturated heterocycles. The molecule has 0 atom stereocenters. The van der Waals surface area contributed by atoms with Crippen molar-refractivity contribution < 1.29 is 4.42 Å². The van der Waals surface area contributed by atoms with E-state index in [0.29, 0.717) is 5.89 Å². The zero-order chi connectivity index (χ0) is 39.8. The maximum absolute atomic E-state index is 6.55. The van der Waals surface area contributed by atoms with Gasteiger partial charge in [0.25, 0.3) is 0 Å². The van der Waals surface area contributed by atoms with Crippen LogP contribution in [0.15, 0.2) is 235 Å². The topological polar surface area (TPSA) is 29.3 Å². The molecule has 10 aromatic carbocycles. The number of aromatic nitrogens is 1. The van der Waals surface area contributed by atoms with E-state index in [1.807, 2.05) is 0 Å². The summed E-state index contributed by atoms with van der Waals surface area (Å²) in [5.41, 5.74) is 15.2. The highest BCUT2D eigenvalue weighted by Gasteiger charge is 2.17. The minimum absolute atomic E-state index is 0.624. The summed E-state index contributed by atoms with van der Waals surface area (Å²) in [5.74, 6) is 0.624. The number of hydrogen-bond donors (Lipinski definition) is 0. The van der Waals surface area contributed by atoms with Gasteiger partial charge in [-0.2, -0.15) is 0 Å². The number of para-hydroxylation sites is 1. The second kappa shape index (κ2) is 15.1. The lowest BCUT2D eigenvalue weighted by molar-refractivity contribution is 0.620. The van der Waals surface area contributed by atoms with E-state index in [9.17, 15) is 0 Å². The van der Waals surface area contributed by atoms with Crippen LogP contribution >= 0.6 is 0 Å². The van der Waals surface area contributed by atoms with E-state index in [4.69, 9.17) is 9.40 Å². The average Bonchev–Trinajstić information content (AvgIpc) is 3.77. The predicted octanol–water partition coefficient (Wildman–Crippen LogP) is 15.9. The molecule has 0 amide bonds. The molecule has 0 saturated carbocycles. The van der Waals surface area contributed by atoms with Crippen LogP contribution < -0.4 is 4.90 Å². The van der Waals surface area contributed by atoms with Gasteiger partial charge in [-0.05, 0) is 127 Å². The molecule has 282 valence electrons. The molecule has 1 heterocycles. The van der Waals surface area contributed by atoms with Gasteiger partial charge in [-0.3, -0.25) is 0 Å². The van der Waals surface area contributed by atoms with Crippen molar-refractivity contribution in [2.45, 2.75) is 0 Å². The second-order valence-corrected chi connectivity index (χ2v) is 15.2. The summed E-state index contributed by atoms with van der Waals surface area (Å²) >= 11 is 0. The fraction of sp³-hybridized carbons (Fsp3) is 0. The van der Waals surface area contributed by atoms with Gasteiger partial charge in [-0.25, -0.2) is 4.98 Å². The highest BCUT2D eigenvalue weighted by Crippen LogP contribution is 2.41. The Balaban J connectivity index is 0.951. The molecule has 0 N–H and O–H groups in total. The number of nitrogens with zero attached hydrogens (tertiary/aromatic N) is 2. The number of anilines is 3. The summed E-state index contributed by atoms with van der Waals surface area (Å²) in [5, 5.41) is 4.56. The molecule has 3 nitrogen and oxygen atoms in total. The summed E-state index contributed by atoms with van der Waals surface area (Å²) in [6, 6.07) is 81.9. The summed E-state index contributed by atoms with van der Waals surface area (Å²) in [6.07, 6.45) is 0. The van der Waals surface area contributed by atoms with Crippen LogP contribution in [0.4, 0.5) is 17.1 Å². The molecule has 0 unspecified atom stereocenters. The maximum Gasteiger partial charge on any atom is 0.227 e. The van der Waals surface area contributed by atoms with Crippen LogP contribution in [0.2, 0.25) is 0 Å². The number of rotatable bonds is 8. The van der Waals surface area contributed by atoms with E-state index >= 15 is 0 Å². The molecule has 11 rings (SSSR count). The molecular weight excluding hydrogens is 729 g/mol. The summed E-state index contributed by atoms with van der Waals surface area (Å²) < 4.78 is 6.55. The molecule has 0 spiro atoms. The van der Waals surface area contributed by atoms with Crippen LogP contribution in [-0.4, -0.2) is 4.98 Å². The first-order valence-corrected chi connectivity index (χ1v) is 20.4. The molecule has 0 fully saturated rings. The Kier molecular flexibility index (Phi) is 8.83. The van der Waals surface area contributed by atoms with E-state index in [1.54, 1.807) is 0 Å². The van der Waals surface area contributed by atoms with Crippen molar-refractivity contribution in [1.29, 1.82) is 0 Å². The largest absolute Gasteiger partial charge is 0.436 e. The Morgan fingerprint density at radius 1 is 0.317 bits per heavy atom. The molecule has 0 aliphatic rings. The molecule has 0 radical (unpaired) electrons. The Labute approximate surface area is 349 Å². The first-order chi connectivity index (χ1) is 29.7. The van der Waals surface area contributed by atoms with Crippen LogP contribution in [0, 0.1) is 0 Å². The standard InChI is InChI=1S/C57H38N2O/c1-3-14-39(15-4-1)43-18-11-19-44(34-43)41-30-32-50(33-31-41)59(49-23-5-2-6-24-49)51-25-13-21-46(37-51)45-20-12-22-47(35-45)54-38-55-56(53-27-10-9-26-52(53)54)58-57(60-55)48-29-28-40-16-7-8-17-42(40)36-48/h1-38H. The van der Waals surface area contributed by atoms with Crippen molar-refractivity contribution in [2.75, 3.05) is 4.90 Å². The van der Waals surface area contributed by atoms with E-state index in [2.05, 4.69) is 235 Å². The van der Waals surface area contributed by atoms with E-state index in [1.165, 1.54) is 27.6 Å². The van der Waals surface area contributed by atoms with Crippen molar-refractivity contribution in [3.63, 3.8) is 0 Å². The van der Waals surface area contributed by atoms with Gasteiger partial charge in [0.2, 0.25) is 5.89 Å². The number of benzene rings is 10. The van der Waals surface area contributed by atoms with E-state index in [-0.39, 0.29) is 0 Å².